The third kappa shape index (κ3) is 3.07. The van der Waals surface area contributed by atoms with E-state index in [4.69, 9.17) is 20.6 Å². The summed E-state index contributed by atoms with van der Waals surface area (Å²) >= 11 is 5.61. The average Bonchev–Trinajstić information content (AvgIpc) is 2.21. The van der Waals surface area contributed by atoms with E-state index in [1.54, 1.807) is 18.3 Å². The first-order valence-corrected chi connectivity index (χ1v) is 6.01. The molecule has 78 valence electrons. The second-order valence-electron chi connectivity index (χ2n) is 2.62. The molecule has 0 bridgehead atoms. The Hall–Kier alpha value is -0.410. The summed E-state index contributed by atoms with van der Waals surface area (Å²) in [7, 11) is -0.292. The summed E-state index contributed by atoms with van der Waals surface area (Å²) in [6.07, 6.45) is 1.75. The first kappa shape index (κ1) is 11.7. The Labute approximate surface area is 87.7 Å². The molecule has 0 saturated heterocycles. The quantitative estimate of drug-likeness (QED) is 0.595. The SMILES string of the molecule is COP(=O)(Cc1ccc(Cl)nc1)OC. The van der Waals surface area contributed by atoms with Gasteiger partial charge in [-0.05, 0) is 11.6 Å². The zero-order valence-electron chi connectivity index (χ0n) is 7.94. The lowest BCUT2D eigenvalue weighted by atomic mass is 10.3. The second kappa shape index (κ2) is 4.89. The molecule has 14 heavy (non-hydrogen) atoms. The van der Waals surface area contributed by atoms with Gasteiger partial charge < -0.3 is 9.05 Å². The first-order valence-electron chi connectivity index (χ1n) is 3.90. The van der Waals surface area contributed by atoms with Crippen LogP contribution in [0.4, 0.5) is 0 Å². The van der Waals surface area contributed by atoms with Crippen LogP contribution in [0.25, 0.3) is 0 Å². The van der Waals surface area contributed by atoms with Crippen LogP contribution in [-0.2, 0) is 19.8 Å². The highest BCUT2D eigenvalue weighted by molar-refractivity contribution is 7.52. The Morgan fingerprint density at radius 3 is 2.50 bits per heavy atom. The van der Waals surface area contributed by atoms with Crippen LogP contribution >= 0.6 is 19.2 Å². The van der Waals surface area contributed by atoms with Gasteiger partial charge in [-0.25, -0.2) is 4.98 Å². The predicted octanol–water partition coefficient (Wildman–Crippen LogP) is 2.72. The van der Waals surface area contributed by atoms with Crippen molar-refractivity contribution >= 4 is 19.2 Å². The lowest BCUT2D eigenvalue weighted by Gasteiger charge is -2.12. The number of nitrogens with zero attached hydrogens (tertiary/aromatic N) is 1. The van der Waals surface area contributed by atoms with Crippen LogP contribution in [0.2, 0.25) is 5.15 Å². The molecule has 0 fully saturated rings. The molecule has 0 atom stereocenters. The highest BCUT2D eigenvalue weighted by atomic mass is 35.5. The maximum Gasteiger partial charge on any atom is 0.334 e. The molecular formula is C8H11ClNO3P. The fraction of sp³-hybridized carbons (Fsp3) is 0.375. The minimum atomic E-state index is -3.00. The predicted molar refractivity (Wildman–Crippen MR) is 54.6 cm³/mol. The summed E-state index contributed by atoms with van der Waals surface area (Å²) in [6, 6.07) is 3.37. The fourth-order valence-electron chi connectivity index (χ4n) is 0.927. The minimum absolute atomic E-state index is 0.199. The van der Waals surface area contributed by atoms with E-state index >= 15 is 0 Å². The number of hydrogen-bond acceptors (Lipinski definition) is 4. The van der Waals surface area contributed by atoms with Crippen LogP contribution in [0.3, 0.4) is 0 Å². The van der Waals surface area contributed by atoms with Crippen molar-refractivity contribution in [3.63, 3.8) is 0 Å². The summed E-state index contributed by atoms with van der Waals surface area (Å²) in [4.78, 5) is 3.87. The van der Waals surface area contributed by atoms with Crippen LogP contribution in [-0.4, -0.2) is 19.2 Å². The molecule has 0 unspecified atom stereocenters. The van der Waals surface area contributed by atoms with Crippen molar-refractivity contribution in [2.75, 3.05) is 14.2 Å². The van der Waals surface area contributed by atoms with Crippen LogP contribution in [0.15, 0.2) is 18.3 Å². The van der Waals surface area contributed by atoms with Crippen molar-refractivity contribution in [1.82, 2.24) is 4.98 Å². The number of halogens is 1. The van der Waals surface area contributed by atoms with Gasteiger partial charge in [-0.15, -0.1) is 0 Å². The molecule has 0 aromatic carbocycles. The molecule has 0 aliphatic heterocycles. The van der Waals surface area contributed by atoms with Gasteiger partial charge in [-0.2, -0.15) is 0 Å². The zero-order chi connectivity index (χ0) is 10.6. The molecule has 0 amide bonds. The number of hydrogen-bond donors (Lipinski definition) is 0. The van der Waals surface area contributed by atoms with Gasteiger partial charge in [0.2, 0.25) is 0 Å². The van der Waals surface area contributed by atoms with Gasteiger partial charge in [-0.1, -0.05) is 17.7 Å². The highest BCUT2D eigenvalue weighted by Gasteiger charge is 2.21. The van der Waals surface area contributed by atoms with E-state index in [2.05, 4.69) is 4.98 Å². The van der Waals surface area contributed by atoms with Crippen molar-refractivity contribution < 1.29 is 13.6 Å². The van der Waals surface area contributed by atoms with E-state index in [0.29, 0.717) is 5.15 Å². The summed E-state index contributed by atoms with van der Waals surface area (Å²) in [6.45, 7) is 0. The van der Waals surface area contributed by atoms with E-state index in [1.165, 1.54) is 14.2 Å². The molecule has 0 N–H and O–H groups in total. The molecule has 1 aromatic heterocycles. The number of rotatable bonds is 4. The van der Waals surface area contributed by atoms with Crippen LogP contribution in [0.1, 0.15) is 5.56 Å². The van der Waals surface area contributed by atoms with Gasteiger partial charge in [0.25, 0.3) is 0 Å². The molecule has 0 spiro atoms. The van der Waals surface area contributed by atoms with Gasteiger partial charge in [0.1, 0.15) is 5.15 Å². The van der Waals surface area contributed by atoms with Crippen LogP contribution < -0.4 is 0 Å². The van der Waals surface area contributed by atoms with Gasteiger partial charge in [0.15, 0.2) is 0 Å². The molecule has 0 saturated carbocycles. The van der Waals surface area contributed by atoms with Crippen molar-refractivity contribution in [2.45, 2.75) is 6.16 Å². The molecule has 1 aromatic rings. The van der Waals surface area contributed by atoms with E-state index in [0.717, 1.165) is 5.56 Å². The topological polar surface area (TPSA) is 48.4 Å². The van der Waals surface area contributed by atoms with E-state index < -0.39 is 7.60 Å². The Kier molecular flexibility index (Phi) is 4.08. The van der Waals surface area contributed by atoms with Crippen molar-refractivity contribution in [2.24, 2.45) is 0 Å². The third-order valence-electron chi connectivity index (χ3n) is 1.72. The molecule has 0 radical (unpaired) electrons. The highest BCUT2D eigenvalue weighted by Crippen LogP contribution is 2.49. The van der Waals surface area contributed by atoms with E-state index in [1.807, 2.05) is 0 Å². The monoisotopic (exact) mass is 235 g/mol. The minimum Gasteiger partial charge on any atom is -0.312 e. The summed E-state index contributed by atoms with van der Waals surface area (Å²) in [5.41, 5.74) is 0.765. The Morgan fingerprint density at radius 2 is 2.07 bits per heavy atom. The summed E-state index contributed by atoms with van der Waals surface area (Å²) < 4.78 is 21.3. The van der Waals surface area contributed by atoms with Gasteiger partial charge >= 0.3 is 7.60 Å². The molecule has 1 rings (SSSR count). The first-order chi connectivity index (χ1) is 6.59. The Morgan fingerprint density at radius 1 is 1.43 bits per heavy atom. The lowest BCUT2D eigenvalue weighted by Crippen LogP contribution is -1.93. The molecule has 1 heterocycles. The lowest BCUT2D eigenvalue weighted by molar-refractivity contribution is 0.275. The number of pyridine rings is 1. The molecule has 4 nitrogen and oxygen atoms in total. The maximum atomic E-state index is 11.7. The summed E-state index contributed by atoms with van der Waals surface area (Å²) in [5, 5.41) is 0.401. The fourth-order valence-corrected chi connectivity index (χ4v) is 2.08. The van der Waals surface area contributed by atoms with E-state index in [-0.39, 0.29) is 6.16 Å². The van der Waals surface area contributed by atoms with E-state index in [9.17, 15) is 4.57 Å². The normalized spacial score (nSPS) is 11.6. The van der Waals surface area contributed by atoms with Crippen LogP contribution in [0, 0.1) is 0 Å². The smallest absolute Gasteiger partial charge is 0.312 e. The van der Waals surface area contributed by atoms with Crippen molar-refractivity contribution in [3.05, 3.63) is 29.0 Å². The third-order valence-corrected chi connectivity index (χ3v) is 3.81. The second-order valence-corrected chi connectivity index (χ2v) is 5.28. The number of aromatic nitrogens is 1. The van der Waals surface area contributed by atoms with Gasteiger partial charge in [0, 0.05) is 20.4 Å². The molecular weight excluding hydrogens is 225 g/mol. The molecule has 0 aliphatic rings. The van der Waals surface area contributed by atoms with Crippen molar-refractivity contribution in [1.29, 1.82) is 0 Å². The van der Waals surface area contributed by atoms with Crippen LogP contribution in [0.5, 0.6) is 0 Å². The standard InChI is InChI=1S/C8H11ClNO3P/c1-12-14(11,13-2)6-7-3-4-8(9)10-5-7/h3-5H,6H2,1-2H3. The van der Waals surface area contributed by atoms with Crippen molar-refractivity contribution in [3.8, 4) is 0 Å². The largest absolute Gasteiger partial charge is 0.334 e. The Bertz CT molecular complexity index is 333. The molecule has 6 heteroatoms. The molecule has 0 aliphatic carbocycles. The average molecular weight is 236 g/mol. The summed E-state index contributed by atoms with van der Waals surface area (Å²) in [5.74, 6) is 0. The Balaban J connectivity index is 2.78. The zero-order valence-corrected chi connectivity index (χ0v) is 9.59. The van der Waals surface area contributed by atoms with Gasteiger partial charge in [-0.3, -0.25) is 4.57 Å². The maximum absolute atomic E-state index is 11.7. The van der Waals surface area contributed by atoms with Gasteiger partial charge in [0.05, 0.1) is 6.16 Å².